The van der Waals surface area contributed by atoms with Crippen LogP contribution in [0.2, 0.25) is 0 Å². The maximum absolute atomic E-state index is 11.9. The number of pyridine rings is 1. The van der Waals surface area contributed by atoms with E-state index in [2.05, 4.69) is 5.32 Å². The lowest BCUT2D eigenvalue weighted by atomic mass is 9.92. The molecule has 4 nitrogen and oxygen atoms in total. The van der Waals surface area contributed by atoms with Crippen LogP contribution >= 0.6 is 0 Å². The van der Waals surface area contributed by atoms with Gasteiger partial charge in [-0.05, 0) is 43.2 Å². The Hall–Kier alpha value is -2.36. The summed E-state index contributed by atoms with van der Waals surface area (Å²) < 4.78 is 1.65. The number of hydrogen-bond donors (Lipinski definition) is 1. The second-order valence-corrected chi connectivity index (χ2v) is 6.04. The van der Waals surface area contributed by atoms with Gasteiger partial charge in [0.05, 0.1) is 6.04 Å². The summed E-state index contributed by atoms with van der Waals surface area (Å²) in [5.41, 5.74) is 1.96. The van der Waals surface area contributed by atoms with Gasteiger partial charge in [-0.1, -0.05) is 18.9 Å². The lowest BCUT2D eigenvalue weighted by molar-refractivity contribution is 0.385. The highest BCUT2D eigenvalue weighted by molar-refractivity contribution is 6.00. The van der Waals surface area contributed by atoms with E-state index in [1.165, 1.54) is 25.7 Å². The van der Waals surface area contributed by atoms with Crippen molar-refractivity contribution in [3.05, 3.63) is 64.6 Å². The predicted octanol–water partition coefficient (Wildman–Crippen LogP) is 2.50. The number of hydrogen-bond acceptors (Lipinski definition) is 3. The fourth-order valence-electron chi connectivity index (χ4n) is 3.39. The van der Waals surface area contributed by atoms with Gasteiger partial charge in [-0.15, -0.1) is 0 Å². The molecule has 0 spiro atoms. The maximum Gasteiger partial charge on any atom is 0.255 e. The fourth-order valence-corrected chi connectivity index (χ4v) is 3.39. The molecule has 1 N–H and O–H groups in total. The van der Waals surface area contributed by atoms with E-state index in [4.69, 9.17) is 4.99 Å². The van der Waals surface area contributed by atoms with Crippen molar-refractivity contribution in [2.45, 2.75) is 37.8 Å². The smallest absolute Gasteiger partial charge is 0.255 e. The van der Waals surface area contributed by atoms with E-state index < -0.39 is 0 Å². The fraction of sp³-hybridized carbons (Fsp3) is 0.333. The van der Waals surface area contributed by atoms with Gasteiger partial charge in [0.2, 0.25) is 0 Å². The molecule has 1 aromatic heterocycles. The second-order valence-electron chi connectivity index (χ2n) is 6.04. The van der Waals surface area contributed by atoms with Crippen molar-refractivity contribution in [3.8, 4) is 5.69 Å². The van der Waals surface area contributed by atoms with E-state index in [1.54, 1.807) is 22.9 Å². The van der Waals surface area contributed by atoms with Crippen LogP contribution in [0.15, 0.2) is 58.4 Å². The van der Waals surface area contributed by atoms with Crippen LogP contribution in [0.25, 0.3) is 5.69 Å². The Kier molecular flexibility index (Phi) is 3.29. The standard InChI is InChI=1S/C18H19N3O/c22-17-7-3-4-12-21(17)14-10-8-13(9-11-14)18-19-15-5-1-2-6-16(15)20-18/h3-4,7-12,15-16H,1-2,5-6H2,(H,19,20). The van der Waals surface area contributed by atoms with Crippen LogP contribution in [0.4, 0.5) is 0 Å². The van der Waals surface area contributed by atoms with Crippen LogP contribution < -0.4 is 10.9 Å². The zero-order valence-corrected chi connectivity index (χ0v) is 12.4. The number of nitrogens with zero attached hydrogens (tertiary/aromatic N) is 2. The van der Waals surface area contributed by atoms with E-state index in [0.29, 0.717) is 12.1 Å². The molecule has 0 radical (unpaired) electrons. The third kappa shape index (κ3) is 2.34. The first kappa shape index (κ1) is 13.3. The molecule has 2 heterocycles. The quantitative estimate of drug-likeness (QED) is 0.924. The van der Waals surface area contributed by atoms with Gasteiger partial charge in [0.1, 0.15) is 5.84 Å². The van der Waals surface area contributed by atoms with E-state index in [1.807, 2.05) is 30.3 Å². The zero-order chi connectivity index (χ0) is 14.9. The van der Waals surface area contributed by atoms with Crippen molar-refractivity contribution >= 4 is 5.84 Å². The number of amidine groups is 1. The molecule has 2 atom stereocenters. The zero-order valence-electron chi connectivity index (χ0n) is 12.4. The molecule has 1 aliphatic heterocycles. The summed E-state index contributed by atoms with van der Waals surface area (Å²) in [6.45, 7) is 0. The topological polar surface area (TPSA) is 46.4 Å². The van der Waals surface area contributed by atoms with Crippen LogP contribution in [0.5, 0.6) is 0 Å². The number of fused-ring (bicyclic) bond motifs is 1. The Labute approximate surface area is 129 Å². The van der Waals surface area contributed by atoms with Crippen LogP contribution in [-0.2, 0) is 0 Å². The minimum atomic E-state index is -0.0161. The molecule has 1 saturated carbocycles. The highest BCUT2D eigenvalue weighted by Crippen LogP contribution is 2.26. The molecule has 1 aliphatic carbocycles. The van der Waals surface area contributed by atoms with Gasteiger partial charge < -0.3 is 5.32 Å². The Balaban J connectivity index is 1.60. The van der Waals surface area contributed by atoms with Gasteiger partial charge in [0.15, 0.2) is 0 Å². The van der Waals surface area contributed by atoms with Gasteiger partial charge in [0, 0.05) is 29.6 Å². The van der Waals surface area contributed by atoms with E-state index in [-0.39, 0.29) is 5.56 Å². The molecule has 22 heavy (non-hydrogen) atoms. The van der Waals surface area contributed by atoms with Crippen molar-refractivity contribution in [1.82, 2.24) is 9.88 Å². The molecule has 0 amide bonds. The monoisotopic (exact) mass is 293 g/mol. The van der Waals surface area contributed by atoms with Crippen LogP contribution in [0.1, 0.15) is 31.2 Å². The van der Waals surface area contributed by atoms with Crippen LogP contribution in [0, 0.1) is 0 Å². The number of nitrogens with one attached hydrogen (secondary N) is 1. The van der Waals surface area contributed by atoms with Gasteiger partial charge in [-0.25, -0.2) is 0 Å². The molecular weight excluding hydrogens is 274 g/mol. The highest BCUT2D eigenvalue weighted by atomic mass is 16.1. The SMILES string of the molecule is O=c1ccccn1-c1ccc(C2=NC3CCCCC3N2)cc1. The van der Waals surface area contributed by atoms with Gasteiger partial charge >= 0.3 is 0 Å². The minimum Gasteiger partial charge on any atom is -0.365 e. The Bertz CT molecular complexity index is 760. The summed E-state index contributed by atoms with van der Waals surface area (Å²) in [5.74, 6) is 1.00. The molecule has 1 aromatic carbocycles. The Morgan fingerprint density at radius 1 is 1.05 bits per heavy atom. The van der Waals surface area contributed by atoms with Crippen molar-refractivity contribution in [2.24, 2.45) is 4.99 Å². The molecule has 2 aliphatic rings. The maximum atomic E-state index is 11.9. The Morgan fingerprint density at radius 3 is 2.64 bits per heavy atom. The van der Waals surface area contributed by atoms with Crippen LogP contribution in [-0.4, -0.2) is 22.5 Å². The molecule has 0 bridgehead atoms. The van der Waals surface area contributed by atoms with Gasteiger partial charge in [-0.3, -0.25) is 14.4 Å². The Morgan fingerprint density at radius 2 is 1.86 bits per heavy atom. The number of benzene rings is 1. The first-order valence-electron chi connectivity index (χ1n) is 7.94. The molecule has 4 heteroatoms. The normalized spacial score (nSPS) is 23.5. The molecule has 2 unspecified atom stereocenters. The summed E-state index contributed by atoms with van der Waals surface area (Å²) in [5, 5.41) is 3.56. The minimum absolute atomic E-state index is 0.0161. The highest BCUT2D eigenvalue weighted by Gasteiger charge is 2.30. The number of aliphatic imine (C=N–C) groups is 1. The third-order valence-corrected chi connectivity index (χ3v) is 4.59. The molecule has 2 aromatic rings. The number of aromatic nitrogens is 1. The number of rotatable bonds is 2. The summed E-state index contributed by atoms with van der Waals surface area (Å²) >= 11 is 0. The second kappa shape index (κ2) is 5.44. The average Bonchev–Trinajstić information content (AvgIpc) is 2.99. The largest absolute Gasteiger partial charge is 0.365 e. The molecule has 112 valence electrons. The van der Waals surface area contributed by atoms with E-state index in [0.717, 1.165) is 17.1 Å². The molecular formula is C18H19N3O. The molecule has 1 fully saturated rings. The van der Waals surface area contributed by atoms with Gasteiger partial charge in [0.25, 0.3) is 5.56 Å². The van der Waals surface area contributed by atoms with Crippen molar-refractivity contribution < 1.29 is 0 Å². The first-order chi connectivity index (χ1) is 10.8. The van der Waals surface area contributed by atoms with Gasteiger partial charge in [-0.2, -0.15) is 0 Å². The summed E-state index contributed by atoms with van der Waals surface area (Å²) in [6, 6.07) is 14.2. The predicted molar refractivity (Wildman–Crippen MR) is 87.8 cm³/mol. The summed E-state index contributed by atoms with van der Waals surface area (Å²) in [4.78, 5) is 16.7. The third-order valence-electron chi connectivity index (χ3n) is 4.59. The lowest BCUT2D eigenvalue weighted by Crippen LogP contribution is -2.36. The lowest BCUT2D eigenvalue weighted by Gasteiger charge is -2.23. The first-order valence-corrected chi connectivity index (χ1v) is 7.94. The van der Waals surface area contributed by atoms with Crippen molar-refractivity contribution in [2.75, 3.05) is 0 Å². The molecule has 0 saturated heterocycles. The molecule has 4 rings (SSSR count). The summed E-state index contributed by atoms with van der Waals surface area (Å²) in [6.07, 6.45) is 6.79. The van der Waals surface area contributed by atoms with E-state index in [9.17, 15) is 4.79 Å². The summed E-state index contributed by atoms with van der Waals surface area (Å²) in [7, 11) is 0. The average molecular weight is 293 g/mol. The van der Waals surface area contributed by atoms with Crippen molar-refractivity contribution in [3.63, 3.8) is 0 Å². The van der Waals surface area contributed by atoms with Crippen LogP contribution in [0.3, 0.4) is 0 Å². The van der Waals surface area contributed by atoms with Crippen molar-refractivity contribution in [1.29, 1.82) is 0 Å². The van der Waals surface area contributed by atoms with E-state index >= 15 is 0 Å².